The van der Waals surface area contributed by atoms with Crippen molar-refractivity contribution in [1.82, 2.24) is 0 Å². The van der Waals surface area contributed by atoms with E-state index >= 15 is 0 Å². The minimum atomic E-state index is -1.57. The predicted molar refractivity (Wildman–Crippen MR) is 158 cm³/mol. The van der Waals surface area contributed by atoms with Gasteiger partial charge in [0.25, 0.3) is 6.08 Å². The van der Waals surface area contributed by atoms with Crippen LogP contribution in [0.2, 0.25) is 0 Å². The van der Waals surface area contributed by atoms with Crippen LogP contribution in [0.1, 0.15) is 75.3 Å². The van der Waals surface area contributed by atoms with Crippen LogP contribution in [-0.2, 0) is 6.42 Å². The Morgan fingerprint density at radius 3 is 2.02 bits per heavy atom. The van der Waals surface area contributed by atoms with Crippen molar-refractivity contribution in [3.63, 3.8) is 0 Å². The van der Waals surface area contributed by atoms with E-state index in [0.717, 1.165) is 66.9 Å². The molecule has 1 aliphatic carbocycles. The quantitative estimate of drug-likeness (QED) is 0.205. The first-order valence-corrected chi connectivity index (χ1v) is 14.4. The van der Waals surface area contributed by atoms with Gasteiger partial charge in [-0.3, -0.25) is 0 Å². The van der Waals surface area contributed by atoms with Gasteiger partial charge in [-0.05, 0) is 108 Å². The molecule has 40 heavy (non-hydrogen) atoms. The number of benzene rings is 2. The molecule has 0 bridgehead atoms. The second-order valence-corrected chi connectivity index (χ2v) is 10.8. The zero-order chi connectivity index (χ0) is 28.9. The van der Waals surface area contributed by atoms with E-state index in [1.165, 1.54) is 11.1 Å². The number of rotatable bonds is 16. The molecule has 2 aromatic rings. The van der Waals surface area contributed by atoms with E-state index in [4.69, 9.17) is 9.47 Å². The zero-order valence-electron chi connectivity index (χ0n) is 23.8. The molecule has 0 amide bonds. The first kappa shape index (κ1) is 31.6. The Bertz CT molecular complexity index is 1100. The molecule has 0 heterocycles. The maximum absolute atomic E-state index is 12.4. The molecule has 6 heteroatoms. The molecule has 2 aromatic carbocycles. The smallest absolute Gasteiger partial charge is 0.266 e. The van der Waals surface area contributed by atoms with Crippen molar-refractivity contribution in [3.8, 4) is 22.6 Å². The average molecular weight is 555 g/mol. The Labute approximate surface area is 238 Å². The Kier molecular flexibility index (Phi) is 12.9. The van der Waals surface area contributed by atoms with E-state index in [0.29, 0.717) is 55.8 Å². The van der Waals surface area contributed by atoms with E-state index in [9.17, 15) is 19.0 Å². The lowest BCUT2D eigenvalue weighted by Crippen LogP contribution is -2.13. The van der Waals surface area contributed by atoms with Crippen molar-refractivity contribution >= 4 is 0 Å². The van der Waals surface area contributed by atoms with Crippen LogP contribution in [0.4, 0.5) is 8.78 Å². The number of aliphatic hydroxyl groups excluding tert-OH is 2. The highest BCUT2D eigenvalue weighted by molar-refractivity contribution is 5.71. The van der Waals surface area contributed by atoms with Gasteiger partial charge < -0.3 is 19.7 Å². The van der Waals surface area contributed by atoms with E-state index in [1.54, 1.807) is 0 Å². The molecule has 218 valence electrons. The fourth-order valence-electron chi connectivity index (χ4n) is 5.33. The standard InChI is InChI=1S/C34H44F2O4/c1-4-27-18-29(28-10-8-26(9-11-28)6-5-7-34(35)36)12-13-33(27)30-19-31(39-16-14-24(2)22-37)21-32(20-30)40-17-15-25(3)23-38/h7,12-13,18-21,26,28,37-38H,2-6,8-11,14-17,22-23H2,1H3. The van der Waals surface area contributed by atoms with Gasteiger partial charge in [-0.15, -0.1) is 0 Å². The summed E-state index contributed by atoms with van der Waals surface area (Å²) < 4.78 is 36.8. The number of hydrogen-bond acceptors (Lipinski definition) is 4. The minimum Gasteiger partial charge on any atom is -0.493 e. The molecule has 0 spiro atoms. The van der Waals surface area contributed by atoms with Crippen LogP contribution in [0.25, 0.3) is 11.1 Å². The number of aliphatic hydroxyl groups is 2. The lowest BCUT2D eigenvalue weighted by atomic mass is 9.76. The summed E-state index contributed by atoms with van der Waals surface area (Å²) in [6.07, 6.45) is 7.14. The molecule has 1 fully saturated rings. The van der Waals surface area contributed by atoms with Crippen molar-refractivity contribution in [1.29, 1.82) is 0 Å². The van der Waals surface area contributed by atoms with Crippen molar-refractivity contribution in [2.75, 3.05) is 26.4 Å². The van der Waals surface area contributed by atoms with Crippen LogP contribution in [0, 0.1) is 5.92 Å². The first-order chi connectivity index (χ1) is 19.3. The summed E-state index contributed by atoms with van der Waals surface area (Å²) in [5, 5.41) is 18.5. The molecule has 3 rings (SSSR count). The molecule has 4 nitrogen and oxygen atoms in total. The molecule has 0 saturated heterocycles. The first-order valence-electron chi connectivity index (χ1n) is 14.4. The molecule has 0 aliphatic heterocycles. The van der Waals surface area contributed by atoms with Gasteiger partial charge in [-0.25, -0.2) is 0 Å². The second kappa shape index (κ2) is 16.3. The summed E-state index contributed by atoms with van der Waals surface area (Å²) in [4.78, 5) is 0. The van der Waals surface area contributed by atoms with Crippen LogP contribution in [0.15, 0.2) is 72.9 Å². The SMILES string of the molecule is C=C(CO)CCOc1cc(OCCC(=C)CO)cc(-c2ccc(C3CCC(CCC=C(F)F)CC3)cc2CC)c1. The summed E-state index contributed by atoms with van der Waals surface area (Å²) in [5.74, 6) is 2.40. The third-order valence-corrected chi connectivity index (χ3v) is 7.79. The Morgan fingerprint density at radius 2 is 1.50 bits per heavy atom. The third kappa shape index (κ3) is 9.90. The number of halogens is 2. The van der Waals surface area contributed by atoms with Crippen molar-refractivity contribution in [2.45, 2.75) is 70.6 Å². The molecular formula is C34H44F2O4. The van der Waals surface area contributed by atoms with Crippen molar-refractivity contribution in [2.24, 2.45) is 5.92 Å². The number of ether oxygens (including phenoxy) is 2. The summed E-state index contributed by atoms with van der Waals surface area (Å²) >= 11 is 0. The minimum absolute atomic E-state index is 0.0587. The Morgan fingerprint density at radius 1 is 0.900 bits per heavy atom. The van der Waals surface area contributed by atoms with Crippen LogP contribution < -0.4 is 9.47 Å². The highest BCUT2D eigenvalue weighted by Gasteiger charge is 2.23. The number of hydrogen-bond donors (Lipinski definition) is 2. The van der Waals surface area contributed by atoms with Crippen LogP contribution in [-0.4, -0.2) is 36.6 Å². The molecular weight excluding hydrogens is 510 g/mol. The van der Waals surface area contributed by atoms with E-state index in [2.05, 4.69) is 38.3 Å². The van der Waals surface area contributed by atoms with Crippen LogP contribution in [0.3, 0.4) is 0 Å². The molecule has 1 aliphatic rings. The Balaban J connectivity index is 1.76. The molecule has 0 unspecified atom stereocenters. The monoisotopic (exact) mass is 554 g/mol. The van der Waals surface area contributed by atoms with Gasteiger partial charge >= 0.3 is 0 Å². The van der Waals surface area contributed by atoms with E-state index in [-0.39, 0.29) is 13.2 Å². The van der Waals surface area contributed by atoms with Gasteiger partial charge in [0.05, 0.1) is 26.4 Å². The largest absolute Gasteiger partial charge is 0.493 e. The van der Waals surface area contributed by atoms with Crippen LogP contribution in [0.5, 0.6) is 11.5 Å². The molecule has 2 N–H and O–H groups in total. The van der Waals surface area contributed by atoms with Crippen LogP contribution >= 0.6 is 0 Å². The highest BCUT2D eigenvalue weighted by atomic mass is 19.3. The fraction of sp³-hybridized carbons (Fsp3) is 0.471. The molecule has 0 atom stereocenters. The summed E-state index contributed by atoms with van der Waals surface area (Å²) in [6, 6.07) is 12.7. The summed E-state index contributed by atoms with van der Waals surface area (Å²) in [6.45, 7) is 10.5. The normalized spacial score (nSPS) is 16.8. The number of aryl methyl sites for hydroxylation is 1. The lowest BCUT2D eigenvalue weighted by molar-refractivity contribution is 0.285. The summed E-state index contributed by atoms with van der Waals surface area (Å²) in [7, 11) is 0. The van der Waals surface area contributed by atoms with Gasteiger partial charge in [-0.1, -0.05) is 38.3 Å². The second-order valence-electron chi connectivity index (χ2n) is 10.8. The van der Waals surface area contributed by atoms with Gasteiger partial charge in [0, 0.05) is 18.9 Å². The van der Waals surface area contributed by atoms with Gasteiger partial charge in [0.1, 0.15) is 11.5 Å². The zero-order valence-corrected chi connectivity index (χ0v) is 23.8. The van der Waals surface area contributed by atoms with Crippen molar-refractivity contribution < 1.29 is 28.5 Å². The molecule has 0 radical (unpaired) electrons. The number of allylic oxidation sites excluding steroid dienone is 1. The van der Waals surface area contributed by atoms with Gasteiger partial charge in [0.2, 0.25) is 0 Å². The van der Waals surface area contributed by atoms with Crippen molar-refractivity contribution in [3.05, 3.63) is 84.0 Å². The van der Waals surface area contributed by atoms with Gasteiger partial charge in [0.15, 0.2) is 0 Å². The highest BCUT2D eigenvalue weighted by Crippen LogP contribution is 2.40. The van der Waals surface area contributed by atoms with E-state index in [1.807, 2.05) is 18.2 Å². The van der Waals surface area contributed by atoms with Gasteiger partial charge in [-0.2, -0.15) is 8.78 Å². The average Bonchev–Trinajstić information content (AvgIpc) is 2.96. The Hall–Kier alpha value is -2.96. The fourth-order valence-corrected chi connectivity index (χ4v) is 5.33. The predicted octanol–water partition coefficient (Wildman–Crippen LogP) is 8.39. The van der Waals surface area contributed by atoms with E-state index < -0.39 is 6.08 Å². The maximum Gasteiger partial charge on any atom is 0.266 e. The molecule has 1 saturated carbocycles. The lowest BCUT2D eigenvalue weighted by Gasteiger charge is -2.29. The topological polar surface area (TPSA) is 58.9 Å². The maximum atomic E-state index is 12.4. The molecule has 0 aromatic heterocycles. The third-order valence-electron chi connectivity index (χ3n) is 7.79. The summed E-state index contributed by atoms with van der Waals surface area (Å²) in [5.41, 5.74) is 6.19.